The van der Waals surface area contributed by atoms with Crippen molar-refractivity contribution in [2.75, 3.05) is 17.7 Å². The van der Waals surface area contributed by atoms with Gasteiger partial charge in [-0.1, -0.05) is 49.4 Å². The molecule has 1 atom stereocenters. The molecule has 5 N–H and O–H groups in total. The number of nitrogen functional groups attached to an aromatic ring is 1. The molecule has 0 aliphatic carbocycles. The molecule has 8 heteroatoms. The van der Waals surface area contributed by atoms with Crippen molar-refractivity contribution in [1.29, 1.82) is 0 Å². The van der Waals surface area contributed by atoms with Gasteiger partial charge in [0, 0.05) is 30.3 Å². The number of carboxylic acids is 1. The molecule has 0 aliphatic rings. The van der Waals surface area contributed by atoms with E-state index in [4.69, 9.17) is 10.5 Å². The highest BCUT2D eigenvalue weighted by Gasteiger charge is 2.17. The number of nitrogens with zero attached hydrogens (tertiary/aromatic N) is 2. The second-order valence-corrected chi connectivity index (χ2v) is 8.22. The van der Waals surface area contributed by atoms with Crippen LogP contribution in [0.25, 0.3) is 0 Å². The number of benzene rings is 2. The minimum atomic E-state index is -0.898. The zero-order chi connectivity index (χ0) is 24.5. The van der Waals surface area contributed by atoms with Gasteiger partial charge < -0.3 is 26.0 Å². The Bertz CT molecular complexity index is 1110. The molecule has 0 amide bonds. The maximum atomic E-state index is 11.2. The summed E-state index contributed by atoms with van der Waals surface area (Å²) in [4.78, 5) is 20.0. The number of nitrogens with one attached hydrogen (secondary N) is 1. The van der Waals surface area contributed by atoms with Crippen LogP contribution in [0.5, 0.6) is 5.75 Å². The fourth-order valence-corrected chi connectivity index (χ4v) is 3.77. The summed E-state index contributed by atoms with van der Waals surface area (Å²) >= 11 is 0. The van der Waals surface area contributed by atoms with Crippen molar-refractivity contribution in [2.45, 2.75) is 52.2 Å². The number of aliphatic hydroxyl groups excluding tert-OH is 1. The standard InChI is InChI=1S/C26H32N4O4/c1-3-21(11-12-31)29-25-22(17(2)28-26(27)30-25)15-20-10-9-19(14-24(32)33)13-23(20)34-16-18-7-5-4-6-8-18/h4-10,13,21,31H,3,11-12,14-16H2,1-2H3,(H,32,33)(H3,27,28,29,30)/t21-/m0/s1. The van der Waals surface area contributed by atoms with Gasteiger partial charge in [0.15, 0.2) is 0 Å². The Morgan fingerprint density at radius 3 is 2.59 bits per heavy atom. The number of anilines is 2. The molecule has 34 heavy (non-hydrogen) atoms. The summed E-state index contributed by atoms with van der Waals surface area (Å²) < 4.78 is 6.15. The van der Waals surface area contributed by atoms with E-state index in [0.29, 0.717) is 36.6 Å². The lowest BCUT2D eigenvalue weighted by atomic mass is 10.00. The Labute approximate surface area is 199 Å². The summed E-state index contributed by atoms with van der Waals surface area (Å²) in [5.41, 5.74) is 10.1. The zero-order valence-corrected chi connectivity index (χ0v) is 19.6. The fraction of sp³-hybridized carbons (Fsp3) is 0.346. The van der Waals surface area contributed by atoms with Crippen LogP contribution in [0.2, 0.25) is 0 Å². The first-order valence-electron chi connectivity index (χ1n) is 11.4. The largest absolute Gasteiger partial charge is 0.489 e. The Kier molecular flexibility index (Phi) is 8.81. The SMILES string of the molecule is CC[C@@H](CCO)Nc1nc(N)nc(C)c1Cc1ccc(CC(=O)O)cc1OCc1ccccc1. The number of aryl methyl sites for hydroxylation is 1. The summed E-state index contributed by atoms with van der Waals surface area (Å²) in [6.45, 7) is 4.36. The van der Waals surface area contributed by atoms with E-state index in [1.807, 2.05) is 50.2 Å². The number of carboxylic acid groups (broad SMARTS) is 1. The van der Waals surface area contributed by atoms with Crippen LogP contribution in [0.3, 0.4) is 0 Å². The molecule has 8 nitrogen and oxygen atoms in total. The summed E-state index contributed by atoms with van der Waals surface area (Å²) in [7, 11) is 0. The minimum Gasteiger partial charge on any atom is -0.489 e. The molecule has 2 aromatic carbocycles. The van der Waals surface area contributed by atoms with E-state index in [1.165, 1.54) is 0 Å². The summed E-state index contributed by atoms with van der Waals surface area (Å²) in [6.07, 6.45) is 1.80. The molecule has 0 unspecified atom stereocenters. The molecule has 1 aromatic heterocycles. The van der Waals surface area contributed by atoms with Crippen LogP contribution >= 0.6 is 0 Å². The summed E-state index contributed by atoms with van der Waals surface area (Å²) in [5.74, 6) is 0.534. The lowest BCUT2D eigenvalue weighted by Crippen LogP contribution is -2.22. The molecular formula is C26H32N4O4. The van der Waals surface area contributed by atoms with E-state index in [9.17, 15) is 15.0 Å². The van der Waals surface area contributed by atoms with Crippen molar-refractivity contribution in [1.82, 2.24) is 9.97 Å². The van der Waals surface area contributed by atoms with E-state index in [1.54, 1.807) is 12.1 Å². The van der Waals surface area contributed by atoms with Gasteiger partial charge >= 0.3 is 5.97 Å². The summed E-state index contributed by atoms with van der Waals surface area (Å²) in [5, 5.41) is 22.0. The van der Waals surface area contributed by atoms with Crippen molar-refractivity contribution < 1.29 is 19.7 Å². The number of hydrogen-bond donors (Lipinski definition) is 4. The normalized spacial score (nSPS) is 11.7. The van der Waals surface area contributed by atoms with Gasteiger partial charge in [0.05, 0.1) is 6.42 Å². The first-order valence-corrected chi connectivity index (χ1v) is 11.4. The molecule has 3 aromatic rings. The maximum absolute atomic E-state index is 11.2. The van der Waals surface area contributed by atoms with E-state index < -0.39 is 5.97 Å². The quantitative estimate of drug-likeness (QED) is 0.319. The van der Waals surface area contributed by atoms with E-state index in [0.717, 1.165) is 28.8 Å². The van der Waals surface area contributed by atoms with Crippen LogP contribution in [0.4, 0.5) is 11.8 Å². The Balaban J connectivity index is 1.94. The van der Waals surface area contributed by atoms with E-state index >= 15 is 0 Å². The van der Waals surface area contributed by atoms with Gasteiger partial charge in [-0.3, -0.25) is 4.79 Å². The Hall–Kier alpha value is -3.65. The Morgan fingerprint density at radius 1 is 1.15 bits per heavy atom. The molecule has 0 spiro atoms. The highest BCUT2D eigenvalue weighted by atomic mass is 16.5. The third kappa shape index (κ3) is 6.92. The van der Waals surface area contributed by atoms with Crippen molar-refractivity contribution in [2.24, 2.45) is 0 Å². The average molecular weight is 465 g/mol. The number of carbonyl (C=O) groups is 1. The minimum absolute atomic E-state index is 0.0455. The predicted octanol–water partition coefficient (Wildman–Crippen LogP) is 3.74. The number of aromatic nitrogens is 2. The van der Waals surface area contributed by atoms with Crippen molar-refractivity contribution in [3.63, 3.8) is 0 Å². The molecule has 0 fully saturated rings. The lowest BCUT2D eigenvalue weighted by Gasteiger charge is -2.21. The number of aliphatic hydroxyl groups is 1. The average Bonchev–Trinajstić information content (AvgIpc) is 2.80. The van der Waals surface area contributed by atoms with Crippen LogP contribution in [-0.2, 0) is 24.2 Å². The number of rotatable bonds is 12. The van der Waals surface area contributed by atoms with Gasteiger partial charge in [0.1, 0.15) is 18.2 Å². The van der Waals surface area contributed by atoms with E-state index in [2.05, 4.69) is 15.3 Å². The number of ether oxygens (including phenoxy) is 1. The van der Waals surface area contributed by atoms with Crippen molar-refractivity contribution in [3.05, 3.63) is 76.5 Å². The third-order valence-corrected chi connectivity index (χ3v) is 5.63. The van der Waals surface area contributed by atoms with Crippen LogP contribution < -0.4 is 15.8 Å². The van der Waals surface area contributed by atoms with Gasteiger partial charge in [-0.25, -0.2) is 4.98 Å². The van der Waals surface area contributed by atoms with Gasteiger partial charge in [0.25, 0.3) is 0 Å². The van der Waals surface area contributed by atoms with Crippen molar-refractivity contribution in [3.8, 4) is 5.75 Å². The van der Waals surface area contributed by atoms with Crippen molar-refractivity contribution >= 4 is 17.7 Å². The number of hydrogen-bond acceptors (Lipinski definition) is 7. The topological polar surface area (TPSA) is 131 Å². The second-order valence-electron chi connectivity index (χ2n) is 8.22. The van der Waals surface area contributed by atoms with Gasteiger partial charge in [0.2, 0.25) is 5.95 Å². The molecule has 0 saturated heterocycles. The molecule has 0 bridgehead atoms. The molecule has 1 heterocycles. The van der Waals surface area contributed by atoms with Gasteiger partial charge in [-0.2, -0.15) is 4.98 Å². The second kappa shape index (κ2) is 12.0. The highest BCUT2D eigenvalue weighted by molar-refractivity contribution is 5.70. The Morgan fingerprint density at radius 2 is 1.91 bits per heavy atom. The smallest absolute Gasteiger partial charge is 0.307 e. The highest BCUT2D eigenvalue weighted by Crippen LogP contribution is 2.29. The first-order chi connectivity index (χ1) is 16.4. The van der Waals surface area contributed by atoms with Crippen LogP contribution in [0, 0.1) is 6.92 Å². The molecular weight excluding hydrogens is 432 g/mol. The number of aliphatic carboxylic acids is 1. The lowest BCUT2D eigenvalue weighted by molar-refractivity contribution is -0.136. The van der Waals surface area contributed by atoms with Crippen LogP contribution in [0.15, 0.2) is 48.5 Å². The molecule has 3 rings (SSSR count). The van der Waals surface area contributed by atoms with Gasteiger partial charge in [-0.05, 0) is 42.5 Å². The molecule has 0 aliphatic heterocycles. The summed E-state index contributed by atoms with van der Waals surface area (Å²) in [6, 6.07) is 15.3. The fourth-order valence-electron chi connectivity index (χ4n) is 3.77. The maximum Gasteiger partial charge on any atom is 0.307 e. The van der Waals surface area contributed by atoms with Crippen LogP contribution in [-0.4, -0.2) is 38.8 Å². The molecule has 0 radical (unpaired) electrons. The molecule has 0 saturated carbocycles. The predicted molar refractivity (Wildman–Crippen MR) is 132 cm³/mol. The third-order valence-electron chi connectivity index (χ3n) is 5.63. The zero-order valence-electron chi connectivity index (χ0n) is 19.6. The monoisotopic (exact) mass is 464 g/mol. The number of nitrogens with two attached hydrogens (primary N) is 1. The first kappa shape index (κ1) is 25.0. The van der Waals surface area contributed by atoms with E-state index in [-0.39, 0.29) is 25.0 Å². The van der Waals surface area contributed by atoms with Crippen LogP contribution in [0.1, 0.15) is 47.7 Å². The molecule has 180 valence electrons. The van der Waals surface area contributed by atoms with Gasteiger partial charge in [-0.15, -0.1) is 0 Å².